The van der Waals surface area contributed by atoms with E-state index in [0.29, 0.717) is 12.8 Å². The van der Waals surface area contributed by atoms with Gasteiger partial charge in [-0.15, -0.1) is 0 Å². The van der Waals surface area contributed by atoms with E-state index in [1.165, 1.54) is 64.2 Å². The fourth-order valence-corrected chi connectivity index (χ4v) is 7.23. The summed E-state index contributed by atoms with van der Waals surface area (Å²) in [6.45, 7) is 3.60. The van der Waals surface area contributed by atoms with Gasteiger partial charge in [0.2, 0.25) is 0 Å². The molecule has 0 aromatic carbocycles. The number of aliphatic hydroxyl groups is 3. The van der Waals surface area contributed by atoms with Gasteiger partial charge in [-0.3, -0.25) is 14.1 Å². The predicted octanol–water partition coefficient (Wildman–Crippen LogP) is 9.34. The van der Waals surface area contributed by atoms with Crippen LogP contribution < -0.4 is 0 Å². The van der Waals surface area contributed by atoms with E-state index in [1.807, 2.05) is 0 Å². The summed E-state index contributed by atoms with van der Waals surface area (Å²) in [4.78, 5) is 25.4. The summed E-state index contributed by atoms with van der Waals surface area (Å²) < 4.78 is 54.0. The molecule has 0 aliphatic carbocycles. The Labute approximate surface area is 362 Å². The molecule has 0 spiro atoms. The fourth-order valence-electron chi connectivity index (χ4n) is 6.54. The summed E-state index contributed by atoms with van der Waals surface area (Å²) in [6, 6.07) is 0. The standard InChI is InChI=1S/C47H80O12S/c1-3-5-7-9-11-13-15-17-19-20-22-23-25-27-29-31-33-35-42(48)56-37-40(38-57-47-46(52)45(51)44(50)41(59-47)39-60(53,54)55)58-43(49)36-34-32-30-28-26-24-21-18-16-14-12-10-8-6-4-2/h6,8,12,14,17-19,21,26,28,40-41,44-47,50-52H,3-5,7,9-11,13,15-16,20,22-25,27,29-39H2,1-2H3,(H,53,54,55)/b8-6-,14-12-,19-17-,21-18-,28-26-. The van der Waals surface area contributed by atoms with Crippen molar-refractivity contribution in [1.82, 2.24) is 0 Å². The molecule has 346 valence electrons. The monoisotopic (exact) mass is 869 g/mol. The summed E-state index contributed by atoms with van der Waals surface area (Å²) in [5.74, 6) is -2.05. The zero-order chi connectivity index (χ0) is 44.1. The smallest absolute Gasteiger partial charge is 0.306 e. The van der Waals surface area contributed by atoms with E-state index in [4.69, 9.17) is 18.9 Å². The van der Waals surface area contributed by atoms with Crippen molar-refractivity contribution in [1.29, 1.82) is 0 Å². The van der Waals surface area contributed by atoms with Gasteiger partial charge in [-0.2, -0.15) is 8.42 Å². The molecular formula is C47H80O12S. The lowest BCUT2D eigenvalue weighted by molar-refractivity contribution is -0.297. The molecular weight excluding hydrogens is 789 g/mol. The Kier molecular flexibility index (Phi) is 34.1. The molecule has 0 amide bonds. The normalized spacial score (nSPS) is 20.7. The van der Waals surface area contributed by atoms with E-state index in [9.17, 15) is 37.9 Å². The first-order valence-corrected chi connectivity index (χ1v) is 24.5. The first kappa shape index (κ1) is 55.4. The molecule has 0 radical (unpaired) electrons. The van der Waals surface area contributed by atoms with E-state index in [1.54, 1.807) is 0 Å². The lowest BCUT2D eigenvalue weighted by Crippen LogP contribution is -2.60. The Bertz CT molecular complexity index is 1340. The van der Waals surface area contributed by atoms with Crippen molar-refractivity contribution in [2.75, 3.05) is 19.0 Å². The van der Waals surface area contributed by atoms with Crippen LogP contribution in [-0.4, -0.2) is 96.0 Å². The molecule has 60 heavy (non-hydrogen) atoms. The number of carbonyl (C=O) groups excluding carboxylic acids is 2. The molecule has 1 saturated heterocycles. The Morgan fingerprint density at radius 2 is 1.05 bits per heavy atom. The van der Waals surface area contributed by atoms with Gasteiger partial charge in [0.15, 0.2) is 12.4 Å². The molecule has 0 bridgehead atoms. The van der Waals surface area contributed by atoms with E-state index < -0.39 is 71.2 Å². The van der Waals surface area contributed by atoms with E-state index >= 15 is 0 Å². The summed E-state index contributed by atoms with van der Waals surface area (Å²) in [6.07, 6.45) is 35.5. The molecule has 1 fully saturated rings. The summed E-state index contributed by atoms with van der Waals surface area (Å²) in [5.41, 5.74) is 0. The second kappa shape index (κ2) is 37.0. The van der Waals surface area contributed by atoms with Crippen molar-refractivity contribution in [3.05, 3.63) is 60.8 Å². The molecule has 1 aliphatic heterocycles. The van der Waals surface area contributed by atoms with Crippen LogP contribution in [0.4, 0.5) is 0 Å². The average Bonchev–Trinajstić information content (AvgIpc) is 3.21. The fraction of sp³-hybridized carbons (Fsp3) is 0.745. The molecule has 6 atom stereocenters. The second-order valence-electron chi connectivity index (χ2n) is 15.7. The molecule has 6 unspecified atom stereocenters. The van der Waals surface area contributed by atoms with Crippen LogP contribution in [-0.2, 0) is 38.7 Å². The van der Waals surface area contributed by atoms with E-state index in [2.05, 4.69) is 74.6 Å². The van der Waals surface area contributed by atoms with Crippen LogP contribution in [0.3, 0.4) is 0 Å². The minimum absolute atomic E-state index is 0.109. The number of ether oxygens (including phenoxy) is 4. The SMILES string of the molecule is CC/C=C\C/C=C\C/C=C\C/C=C\CCCCC(=O)OC(COC(=O)CCCCCCCCC/C=C\CCCCCCCC)COC1OC(CS(=O)(=O)O)C(O)C(O)C1O. The first-order chi connectivity index (χ1) is 29.0. The number of aliphatic hydroxyl groups excluding tert-OH is 3. The van der Waals surface area contributed by atoms with Gasteiger partial charge in [-0.1, -0.05) is 139 Å². The number of esters is 2. The van der Waals surface area contributed by atoms with Crippen molar-refractivity contribution in [3.63, 3.8) is 0 Å². The highest BCUT2D eigenvalue weighted by atomic mass is 32.2. The highest BCUT2D eigenvalue weighted by Gasteiger charge is 2.46. The van der Waals surface area contributed by atoms with Gasteiger partial charge in [-0.25, -0.2) is 0 Å². The van der Waals surface area contributed by atoms with Crippen LogP contribution in [0.1, 0.15) is 168 Å². The zero-order valence-corrected chi connectivity index (χ0v) is 37.6. The summed E-state index contributed by atoms with van der Waals surface area (Å²) in [7, 11) is -4.61. The Balaban J connectivity index is 2.47. The van der Waals surface area contributed by atoms with Crippen molar-refractivity contribution in [3.8, 4) is 0 Å². The van der Waals surface area contributed by atoms with Crippen LogP contribution in [0.2, 0.25) is 0 Å². The quantitative estimate of drug-likeness (QED) is 0.0201. The summed E-state index contributed by atoms with van der Waals surface area (Å²) in [5, 5.41) is 30.9. The number of hydrogen-bond acceptors (Lipinski definition) is 11. The van der Waals surface area contributed by atoms with Crippen molar-refractivity contribution in [2.24, 2.45) is 0 Å². The van der Waals surface area contributed by atoms with Crippen LogP contribution in [0.15, 0.2) is 60.8 Å². The molecule has 1 aliphatic rings. The van der Waals surface area contributed by atoms with Gasteiger partial charge >= 0.3 is 11.9 Å². The lowest BCUT2D eigenvalue weighted by atomic mass is 10.00. The molecule has 0 aromatic heterocycles. The van der Waals surface area contributed by atoms with Crippen LogP contribution in [0, 0.1) is 0 Å². The van der Waals surface area contributed by atoms with Crippen LogP contribution in [0.5, 0.6) is 0 Å². The van der Waals surface area contributed by atoms with Gasteiger partial charge in [-0.05, 0) is 77.0 Å². The number of unbranched alkanes of at least 4 members (excludes halogenated alkanes) is 15. The van der Waals surface area contributed by atoms with Gasteiger partial charge < -0.3 is 34.3 Å². The van der Waals surface area contributed by atoms with E-state index in [0.717, 1.165) is 64.2 Å². The average molecular weight is 869 g/mol. The lowest BCUT2D eigenvalue weighted by Gasteiger charge is -2.40. The van der Waals surface area contributed by atoms with Crippen LogP contribution in [0.25, 0.3) is 0 Å². The molecule has 4 N–H and O–H groups in total. The highest BCUT2D eigenvalue weighted by Crippen LogP contribution is 2.24. The largest absolute Gasteiger partial charge is 0.462 e. The molecule has 1 heterocycles. The van der Waals surface area contributed by atoms with Crippen molar-refractivity contribution >= 4 is 22.1 Å². The maximum absolute atomic E-state index is 12.8. The maximum Gasteiger partial charge on any atom is 0.306 e. The van der Waals surface area contributed by atoms with E-state index in [-0.39, 0.29) is 19.4 Å². The van der Waals surface area contributed by atoms with Gasteiger partial charge in [0, 0.05) is 12.8 Å². The third kappa shape index (κ3) is 31.2. The number of rotatable bonds is 37. The number of allylic oxidation sites excluding steroid dienone is 10. The minimum atomic E-state index is -4.61. The highest BCUT2D eigenvalue weighted by molar-refractivity contribution is 7.85. The molecule has 1 rings (SSSR count). The maximum atomic E-state index is 12.8. The third-order valence-corrected chi connectivity index (χ3v) is 10.8. The molecule has 0 saturated carbocycles. The van der Waals surface area contributed by atoms with Crippen molar-refractivity contribution in [2.45, 2.75) is 205 Å². The topological polar surface area (TPSA) is 186 Å². The molecule has 13 heteroatoms. The number of hydrogen-bond donors (Lipinski definition) is 4. The van der Waals surface area contributed by atoms with Gasteiger partial charge in [0.25, 0.3) is 10.1 Å². The predicted molar refractivity (Wildman–Crippen MR) is 238 cm³/mol. The van der Waals surface area contributed by atoms with Gasteiger partial charge in [0.05, 0.1) is 6.61 Å². The Morgan fingerprint density at radius 1 is 0.583 bits per heavy atom. The minimum Gasteiger partial charge on any atom is -0.462 e. The Morgan fingerprint density at radius 3 is 1.62 bits per heavy atom. The third-order valence-electron chi connectivity index (χ3n) is 10.1. The zero-order valence-electron chi connectivity index (χ0n) is 36.8. The second-order valence-corrected chi connectivity index (χ2v) is 17.2. The Hall–Kier alpha value is -2.65. The molecule has 12 nitrogen and oxygen atoms in total. The summed E-state index contributed by atoms with van der Waals surface area (Å²) >= 11 is 0. The van der Waals surface area contributed by atoms with Crippen LogP contribution >= 0.6 is 0 Å². The number of carbonyl (C=O) groups is 2. The first-order valence-electron chi connectivity index (χ1n) is 22.8. The molecule has 0 aromatic rings. The van der Waals surface area contributed by atoms with Gasteiger partial charge in [0.1, 0.15) is 36.8 Å². The van der Waals surface area contributed by atoms with Crippen molar-refractivity contribution < 1.29 is 56.8 Å².